The number of carbonyl (C=O) groups is 2. The topological polar surface area (TPSA) is 73.2 Å². The number of aryl methyl sites for hydroxylation is 1. The van der Waals surface area contributed by atoms with Gasteiger partial charge in [0, 0.05) is 18.5 Å². The fraction of sp³-hybridized carbons (Fsp3) is 0.250. The van der Waals surface area contributed by atoms with E-state index < -0.39 is 0 Å². The molecule has 6 nitrogen and oxygen atoms in total. The first-order chi connectivity index (χ1) is 12.6. The van der Waals surface area contributed by atoms with Crippen molar-refractivity contribution in [2.75, 3.05) is 13.7 Å². The molecule has 0 spiro atoms. The van der Waals surface area contributed by atoms with Gasteiger partial charge >= 0.3 is 5.97 Å². The third-order valence-corrected chi connectivity index (χ3v) is 4.27. The summed E-state index contributed by atoms with van der Waals surface area (Å²) >= 11 is 0. The zero-order valence-electron chi connectivity index (χ0n) is 14.9. The van der Waals surface area contributed by atoms with E-state index in [1.165, 1.54) is 7.11 Å². The van der Waals surface area contributed by atoms with Crippen molar-refractivity contribution in [1.29, 1.82) is 0 Å². The number of hydrogen-bond donors (Lipinski definition) is 1. The van der Waals surface area contributed by atoms with Crippen LogP contribution in [0.3, 0.4) is 0 Å². The summed E-state index contributed by atoms with van der Waals surface area (Å²) in [5, 5.41) is 2.92. The van der Waals surface area contributed by atoms with E-state index in [-0.39, 0.29) is 18.4 Å². The van der Waals surface area contributed by atoms with Gasteiger partial charge in [-0.05, 0) is 30.7 Å². The Morgan fingerprint density at radius 1 is 1.12 bits per heavy atom. The number of nitrogens with zero attached hydrogens (tertiary/aromatic N) is 2. The number of carbonyl (C=O) groups excluding carboxylic acids is 2. The van der Waals surface area contributed by atoms with Gasteiger partial charge in [-0.1, -0.05) is 30.3 Å². The van der Waals surface area contributed by atoms with Crippen LogP contribution in [0.5, 0.6) is 0 Å². The molecular formula is C20H21N3O3. The number of rotatable bonds is 6. The Morgan fingerprint density at radius 3 is 2.62 bits per heavy atom. The number of esters is 1. The van der Waals surface area contributed by atoms with Crippen LogP contribution >= 0.6 is 0 Å². The largest absolute Gasteiger partial charge is 0.468 e. The lowest BCUT2D eigenvalue weighted by Gasteiger charge is -2.09. The molecule has 0 fully saturated rings. The minimum atomic E-state index is -0.335. The zero-order chi connectivity index (χ0) is 18.5. The highest BCUT2D eigenvalue weighted by atomic mass is 16.5. The molecule has 0 aliphatic rings. The molecular weight excluding hydrogens is 330 g/mol. The van der Waals surface area contributed by atoms with E-state index in [2.05, 4.69) is 10.3 Å². The molecule has 0 saturated heterocycles. The summed E-state index contributed by atoms with van der Waals surface area (Å²) in [5.74, 6) is 0.291. The molecule has 0 saturated carbocycles. The van der Waals surface area contributed by atoms with Crippen molar-refractivity contribution in [2.45, 2.75) is 19.9 Å². The standard InChI is InChI=1S/C20H21N3O3/c1-14-7-3-4-8-15(14)20(25)21-12-11-18-22-16-9-5-6-10-17(16)23(18)13-19(24)26-2/h3-10H,11-13H2,1-2H3,(H,21,25). The molecule has 3 rings (SSSR count). The molecule has 0 atom stereocenters. The monoisotopic (exact) mass is 351 g/mol. The minimum Gasteiger partial charge on any atom is -0.468 e. The van der Waals surface area contributed by atoms with Crippen LogP contribution in [0.25, 0.3) is 11.0 Å². The molecule has 1 aromatic heterocycles. The highest BCUT2D eigenvalue weighted by molar-refractivity contribution is 5.95. The number of ether oxygens (including phenoxy) is 1. The van der Waals surface area contributed by atoms with E-state index in [9.17, 15) is 9.59 Å². The van der Waals surface area contributed by atoms with Gasteiger partial charge in [0.05, 0.1) is 18.1 Å². The number of imidazole rings is 1. The van der Waals surface area contributed by atoms with Gasteiger partial charge in [-0.3, -0.25) is 9.59 Å². The molecule has 0 aliphatic heterocycles. The predicted molar refractivity (Wildman–Crippen MR) is 99.0 cm³/mol. The molecule has 0 aliphatic carbocycles. The Labute approximate surface area is 151 Å². The van der Waals surface area contributed by atoms with E-state index in [1.807, 2.05) is 54.0 Å². The van der Waals surface area contributed by atoms with Crippen LogP contribution in [-0.4, -0.2) is 35.1 Å². The molecule has 0 bridgehead atoms. The number of benzene rings is 2. The average molecular weight is 351 g/mol. The Morgan fingerprint density at radius 2 is 1.85 bits per heavy atom. The molecule has 134 valence electrons. The number of nitrogens with one attached hydrogen (secondary N) is 1. The lowest BCUT2D eigenvalue weighted by molar-refractivity contribution is -0.141. The number of hydrogen-bond acceptors (Lipinski definition) is 4. The first-order valence-corrected chi connectivity index (χ1v) is 8.45. The maximum Gasteiger partial charge on any atom is 0.325 e. The quantitative estimate of drug-likeness (QED) is 0.693. The number of aromatic nitrogens is 2. The lowest BCUT2D eigenvalue weighted by atomic mass is 10.1. The van der Waals surface area contributed by atoms with E-state index in [0.29, 0.717) is 18.5 Å². The summed E-state index contributed by atoms with van der Waals surface area (Å²) in [6, 6.07) is 15.1. The van der Waals surface area contributed by atoms with Crippen molar-refractivity contribution in [3.8, 4) is 0 Å². The molecule has 1 amide bonds. The highest BCUT2D eigenvalue weighted by Crippen LogP contribution is 2.16. The molecule has 3 aromatic rings. The van der Waals surface area contributed by atoms with Crippen LogP contribution in [0.4, 0.5) is 0 Å². The SMILES string of the molecule is COC(=O)Cn1c(CCNC(=O)c2ccccc2C)nc2ccccc21. The molecule has 0 unspecified atom stereocenters. The van der Waals surface area contributed by atoms with Gasteiger partial charge < -0.3 is 14.6 Å². The third kappa shape index (κ3) is 3.74. The second kappa shape index (κ2) is 7.82. The van der Waals surface area contributed by atoms with E-state index in [0.717, 1.165) is 22.4 Å². The van der Waals surface area contributed by atoms with Crippen LogP contribution in [0.15, 0.2) is 48.5 Å². The number of fused-ring (bicyclic) bond motifs is 1. The Balaban J connectivity index is 1.74. The second-order valence-corrected chi connectivity index (χ2v) is 6.00. The smallest absolute Gasteiger partial charge is 0.325 e. The maximum atomic E-state index is 12.3. The van der Waals surface area contributed by atoms with Gasteiger partial charge in [0.1, 0.15) is 12.4 Å². The normalized spacial score (nSPS) is 10.7. The summed E-state index contributed by atoms with van der Waals surface area (Å²) < 4.78 is 6.62. The molecule has 26 heavy (non-hydrogen) atoms. The van der Waals surface area contributed by atoms with E-state index in [4.69, 9.17) is 4.74 Å². The first-order valence-electron chi connectivity index (χ1n) is 8.45. The predicted octanol–water partition coefficient (Wildman–Crippen LogP) is 2.49. The summed E-state index contributed by atoms with van der Waals surface area (Å²) in [5.41, 5.74) is 3.29. The third-order valence-electron chi connectivity index (χ3n) is 4.27. The zero-order valence-corrected chi connectivity index (χ0v) is 14.9. The summed E-state index contributed by atoms with van der Waals surface area (Å²) in [4.78, 5) is 28.7. The van der Waals surface area contributed by atoms with E-state index >= 15 is 0 Å². The van der Waals surface area contributed by atoms with Crippen molar-refractivity contribution >= 4 is 22.9 Å². The van der Waals surface area contributed by atoms with Crippen LogP contribution < -0.4 is 5.32 Å². The summed E-state index contributed by atoms with van der Waals surface area (Å²) in [6.07, 6.45) is 0.517. The molecule has 0 radical (unpaired) electrons. The van der Waals surface area contributed by atoms with Crippen LogP contribution in [0.2, 0.25) is 0 Å². The van der Waals surface area contributed by atoms with E-state index in [1.54, 1.807) is 6.07 Å². The highest BCUT2D eigenvalue weighted by Gasteiger charge is 2.14. The fourth-order valence-corrected chi connectivity index (χ4v) is 2.90. The Kier molecular flexibility index (Phi) is 5.31. The summed E-state index contributed by atoms with van der Waals surface area (Å²) in [7, 11) is 1.36. The average Bonchev–Trinajstić information content (AvgIpc) is 2.99. The molecule has 1 heterocycles. The van der Waals surface area contributed by atoms with Crippen molar-refractivity contribution in [3.05, 3.63) is 65.5 Å². The van der Waals surface area contributed by atoms with Gasteiger partial charge in [-0.15, -0.1) is 0 Å². The van der Waals surface area contributed by atoms with Gasteiger partial charge in [0.2, 0.25) is 0 Å². The van der Waals surface area contributed by atoms with Crippen LogP contribution in [0, 0.1) is 6.92 Å². The number of amides is 1. The van der Waals surface area contributed by atoms with Crippen molar-refractivity contribution in [3.63, 3.8) is 0 Å². The minimum absolute atomic E-state index is 0.0953. The maximum absolute atomic E-state index is 12.3. The molecule has 6 heteroatoms. The van der Waals surface area contributed by atoms with Crippen LogP contribution in [0.1, 0.15) is 21.7 Å². The lowest BCUT2D eigenvalue weighted by Crippen LogP contribution is -2.27. The summed E-state index contributed by atoms with van der Waals surface area (Å²) in [6.45, 7) is 2.43. The van der Waals surface area contributed by atoms with Gasteiger partial charge in [-0.25, -0.2) is 4.98 Å². The molecule has 2 aromatic carbocycles. The van der Waals surface area contributed by atoms with Crippen molar-refractivity contribution < 1.29 is 14.3 Å². The van der Waals surface area contributed by atoms with Crippen molar-refractivity contribution in [1.82, 2.24) is 14.9 Å². The fourth-order valence-electron chi connectivity index (χ4n) is 2.90. The van der Waals surface area contributed by atoms with Crippen LogP contribution in [-0.2, 0) is 22.5 Å². The van der Waals surface area contributed by atoms with Crippen molar-refractivity contribution in [2.24, 2.45) is 0 Å². The Bertz CT molecular complexity index is 946. The van der Waals surface area contributed by atoms with Gasteiger partial charge in [-0.2, -0.15) is 0 Å². The molecule has 1 N–H and O–H groups in total. The van der Waals surface area contributed by atoms with Gasteiger partial charge in [0.15, 0.2) is 0 Å². The van der Waals surface area contributed by atoms with Gasteiger partial charge in [0.25, 0.3) is 5.91 Å². The second-order valence-electron chi connectivity index (χ2n) is 6.00. The first kappa shape index (κ1) is 17.7. The number of methoxy groups -OCH3 is 1. The number of para-hydroxylation sites is 2. The Hall–Kier alpha value is -3.15.